The highest BCUT2D eigenvalue weighted by Crippen LogP contribution is 2.24. The van der Waals surface area contributed by atoms with Crippen molar-refractivity contribution in [2.24, 2.45) is 5.92 Å². The van der Waals surface area contributed by atoms with Gasteiger partial charge in [-0.25, -0.2) is 9.59 Å². The number of nitrogens with zero attached hydrogens (tertiary/aromatic N) is 2. The molecule has 35 heavy (non-hydrogen) atoms. The number of ether oxygens (including phenoxy) is 2. The van der Waals surface area contributed by atoms with E-state index in [2.05, 4.69) is 43.3 Å². The minimum absolute atomic E-state index is 0.270. The molecule has 3 rings (SSSR count). The van der Waals surface area contributed by atoms with Gasteiger partial charge in [-0.2, -0.15) is 5.10 Å². The maximum absolute atomic E-state index is 12.5. The SMILES string of the molecule is CC(C)C.COC(=O)c1c2cccc(CCc3ccccc3)c2nn1CCNC(=O)OC(C)(C)C. The van der Waals surface area contributed by atoms with Gasteiger partial charge in [-0.15, -0.1) is 0 Å². The molecule has 7 heteroatoms. The molecule has 3 aromatic rings. The molecule has 190 valence electrons. The van der Waals surface area contributed by atoms with Gasteiger partial charge in [0.2, 0.25) is 0 Å². The van der Waals surface area contributed by atoms with Crippen molar-refractivity contribution in [2.75, 3.05) is 13.7 Å². The number of nitrogens with one attached hydrogen (secondary N) is 1. The summed E-state index contributed by atoms with van der Waals surface area (Å²) in [5.74, 6) is 0.375. The number of carbonyl (C=O) groups is 2. The Balaban J connectivity index is 0.00000100. The van der Waals surface area contributed by atoms with E-state index in [1.54, 1.807) is 25.5 Å². The number of methoxy groups -OCH3 is 1. The lowest BCUT2D eigenvalue weighted by atomic mass is 10.0. The number of aryl methyl sites for hydroxylation is 2. The van der Waals surface area contributed by atoms with Crippen molar-refractivity contribution < 1.29 is 19.1 Å². The number of hydrogen-bond acceptors (Lipinski definition) is 5. The summed E-state index contributed by atoms with van der Waals surface area (Å²) in [5, 5.41) is 8.14. The third kappa shape index (κ3) is 9.08. The number of hydrogen-bond donors (Lipinski definition) is 1. The molecule has 7 nitrogen and oxygen atoms in total. The zero-order valence-corrected chi connectivity index (χ0v) is 22.1. The Bertz CT molecular complexity index is 1100. The van der Waals surface area contributed by atoms with Gasteiger partial charge in [0, 0.05) is 11.9 Å². The van der Waals surface area contributed by atoms with Crippen LogP contribution in [0.15, 0.2) is 48.5 Å². The molecule has 0 fully saturated rings. The molecule has 0 spiro atoms. The number of esters is 1. The van der Waals surface area contributed by atoms with Crippen molar-refractivity contribution in [3.8, 4) is 0 Å². The van der Waals surface area contributed by atoms with Gasteiger partial charge in [-0.05, 0) is 50.7 Å². The molecule has 0 atom stereocenters. The summed E-state index contributed by atoms with van der Waals surface area (Å²) >= 11 is 0. The van der Waals surface area contributed by atoms with Gasteiger partial charge >= 0.3 is 12.1 Å². The molecule has 0 saturated heterocycles. The molecular formula is C28H39N3O4. The fraction of sp³-hybridized carbons (Fsp3) is 0.464. The van der Waals surface area contributed by atoms with Crippen LogP contribution in [0.25, 0.3) is 10.9 Å². The van der Waals surface area contributed by atoms with Crippen molar-refractivity contribution in [3.63, 3.8) is 0 Å². The van der Waals surface area contributed by atoms with Gasteiger partial charge in [0.15, 0.2) is 5.69 Å². The molecule has 2 aromatic carbocycles. The molecule has 0 saturated carbocycles. The summed E-state index contributed by atoms with van der Waals surface area (Å²) in [4.78, 5) is 24.4. The zero-order valence-electron chi connectivity index (χ0n) is 22.1. The van der Waals surface area contributed by atoms with Crippen LogP contribution in [-0.2, 0) is 28.9 Å². The van der Waals surface area contributed by atoms with Crippen LogP contribution in [-0.4, -0.2) is 41.1 Å². The second-order valence-corrected chi connectivity index (χ2v) is 10.0. The van der Waals surface area contributed by atoms with Crippen LogP contribution in [0.5, 0.6) is 0 Å². The van der Waals surface area contributed by atoms with E-state index in [1.165, 1.54) is 12.7 Å². The van der Waals surface area contributed by atoms with Crippen LogP contribution < -0.4 is 5.32 Å². The van der Waals surface area contributed by atoms with Gasteiger partial charge in [0.1, 0.15) is 5.60 Å². The number of amides is 1. The predicted octanol–water partition coefficient (Wildman–Crippen LogP) is 5.80. The van der Waals surface area contributed by atoms with Crippen LogP contribution in [0.2, 0.25) is 0 Å². The third-order valence-corrected chi connectivity index (χ3v) is 4.75. The van der Waals surface area contributed by atoms with E-state index in [9.17, 15) is 9.59 Å². The van der Waals surface area contributed by atoms with Crippen LogP contribution >= 0.6 is 0 Å². The first-order valence-electron chi connectivity index (χ1n) is 12.1. The smallest absolute Gasteiger partial charge is 0.407 e. The van der Waals surface area contributed by atoms with Gasteiger partial charge in [-0.1, -0.05) is 69.3 Å². The maximum Gasteiger partial charge on any atom is 0.407 e. The molecule has 1 heterocycles. The quantitative estimate of drug-likeness (QED) is 0.432. The van der Waals surface area contributed by atoms with E-state index >= 15 is 0 Å². The maximum atomic E-state index is 12.5. The van der Waals surface area contributed by atoms with Crippen LogP contribution in [0.1, 0.15) is 63.2 Å². The van der Waals surface area contributed by atoms with Gasteiger partial charge < -0.3 is 14.8 Å². The number of alkyl carbamates (subject to hydrolysis) is 1. The largest absolute Gasteiger partial charge is 0.464 e. The molecule has 0 aliphatic rings. The fourth-order valence-corrected chi connectivity index (χ4v) is 3.39. The Labute approximate surface area is 208 Å². The normalized spacial score (nSPS) is 11.1. The highest BCUT2D eigenvalue weighted by atomic mass is 16.6. The molecule has 0 aliphatic heterocycles. The monoisotopic (exact) mass is 481 g/mol. The van der Waals surface area contributed by atoms with Crippen molar-refractivity contribution in [1.82, 2.24) is 15.1 Å². The van der Waals surface area contributed by atoms with E-state index in [-0.39, 0.29) is 6.54 Å². The van der Waals surface area contributed by atoms with E-state index in [0.29, 0.717) is 12.2 Å². The summed E-state index contributed by atoms with van der Waals surface area (Å²) in [6, 6.07) is 16.1. The van der Waals surface area contributed by atoms with Crippen molar-refractivity contribution >= 4 is 23.0 Å². The lowest BCUT2D eigenvalue weighted by Gasteiger charge is -2.19. The lowest BCUT2D eigenvalue weighted by Crippen LogP contribution is -2.34. The van der Waals surface area contributed by atoms with E-state index < -0.39 is 17.7 Å². The first-order chi connectivity index (χ1) is 16.5. The lowest BCUT2D eigenvalue weighted by molar-refractivity contribution is 0.0525. The van der Waals surface area contributed by atoms with Gasteiger partial charge in [-0.3, -0.25) is 4.68 Å². The van der Waals surface area contributed by atoms with E-state index in [1.807, 2.05) is 36.4 Å². The van der Waals surface area contributed by atoms with E-state index in [4.69, 9.17) is 9.47 Å². The molecule has 0 radical (unpaired) electrons. The molecule has 1 N–H and O–H groups in total. The van der Waals surface area contributed by atoms with Crippen LogP contribution in [0, 0.1) is 5.92 Å². The molecule has 0 aliphatic carbocycles. The highest BCUT2D eigenvalue weighted by molar-refractivity contribution is 6.03. The topological polar surface area (TPSA) is 82.5 Å². The van der Waals surface area contributed by atoms with Gasteiger partial charge in [0.05, 0.1) is 19.2 Å². The standard InChI is InChI=1S/C24H29N3O4.C4H10/c1-24(2,3)31-23(29)25-15-16-27-21(22(28)30-4)19-12-8-11-18(20(19)26-27)14-13-17-9-6-5-7-10-17;1-4(2)3/h5-12H,13-16H2,1-4H3,(H,25,29);4H,1-3H3. The van der Waals surface area contributed by atoms with Crippen LogP contribution in [0.4, 0.5) is 4.79 Å². The Hall–Kier alpha value is -3.35. The van der Waals surface area contributed by atoms with E-state index in [0.717, 1.165) is 35.2 Å². The van der Waals surface area contributed by atoms with Crippen molar-refractivity contribution in [2.45, 2.75) is 66.5 Å². The van der Waals surface area contributed by atoms with Crippen molar-refractivity contribution in [1.29, 1.82) is 0 Å². The summed E-state index contributed by atoms with van der Waals surface area (Å²) in [7, 11) is 1.35. The Morgan fingerprint density at radius 3 is 2.26 bits per heavy atom. The molecule has 0 unspecified atom stereocenters. The zero-order chi connectivity index (χ0) is 26.0. The molecule has 1 aromatic heterocycles. The predicted molar refractivity (Wildman–Crippen MR) is 140 cm³/mol. The van der Waals surface area contributed by atoms with Gasteiger partial charge in [0.25, 0.3) is 0 Å². The van der Waals surface area contributed by atoms with Crippen molar-refractivity contribution in [3.05, 3.63) is 65.4 Å². The van der Waals surface area contributed by atoms with Crippen LogP contribution in [0.3, 0.4) is 0 Å². The third-order valence-electron chi connectivity index (χ3n) is 4.75. The molecule has 1 amide bonds. The minimum atomic E-state index is -0.574. The first-order valence-corrected chi connectivity index (χ1v) is 12.1. The number of rotatable bonds is 7. The number of aromatic nitrogens is 2. The highest BCUT2D eigenvalue weighted by Gasteiger charge is 2.21. The number of fused-ring (bicyclic) bond motifs is 1. The number of carbonyl (C=O) groups excluding carboxylic acids is 2. The summed E-state index contributed by atoms with van der Waals surface area (Å²) < 4.78 is 11.8. The second-order valence-electron chi connectivity index (χ2n) is 10.0. The minimum Gasteiger partial charge on any atom is -0.464 e. The summed E-state index contributed by atoms with van der Waals surface area (Å²) in [6.07, 6.45) is 1.17. The summed E-state index contributed by atoms with van der Waals surface area (Å²) in [5.41, 5.74) is 2.88. The molecular weight excluding hydrogens is 442 g/mol. The Morgan fingerprint density at radius 2 is 1.66 bits per heavy atom. The Kier molecular flexibility index (Phi) is 10.3. The average molecular weight is 482 g/mol. The average Bonchev–Trinajstić information content (AvgIpc) is 3.15. The fourth-order valence-electron chi connectivity index (χ4n) is 3.39. The summed E-state index contributed by atoms with van der Waals surface area (Å²) in [6.45, 7) is 12.5. The second kappa shape index (κ2) is 12.9. The first kappa shape index (κ1) is 27.9. The Morgan fingerprint density at radius 1 is 1.00 bits per heavy atom. The number of benzene rings is 2. The molecule has 0 bridgehead atoms.